The lowest BCUT2D eigenvalue weighted by molar-refractivity contribution is 0.127. The fourth-order valence-electron chi connectivity index (χ4n) is 2.53. The highest BCUT2D eigenvalue weighted by Gasteiger charge is 2.21. The molecule has 1 fully saturated rings. The lowest BCUT2D eigenvalue weighted by atomic mass is 10.0. The second kappa shape index (κ2) is 5.67. The van der Waals surface area contributed by atoms with Crippen LogP contribution in [0.1, 0.15) is 18.4 Å². The van der Waals surface area contributed by atoms with Crippen LogP contribution in [0.15, 0.2) is 18.2 Å². The van der Waals surface area contributed by atoms with Crippen molar-refractivity contribution in [3.8, 4) is 0 Å². The Kier molecular flexibility index (Phi) is 4.19. The highest BCUT2D eigenvalue weighted by Crippen LogP contribution is 2.19. The molecule has 0 bridgehead atoms. The lowest BCUT2D eigenvalue weighted by Crippen LogP contribution is -2.44. The number of nitrogens with two attached hydrogens (primary N) is 1. The molecule has 1 atom stereocenters. The van der Waals surface area contributed by atoms with Crippen molar-refractivity contribution in [3.05, 3.63) is 29.6 Å². The molecule has 0 aromatic heterocycles. The third-order valence-electron chi connectivity index (χ3n) is 3.68. The zero-order valence-corrected chi connectivity index (χ0v) is 11.2. The second-order valence-electron chi connectivity index (χ2n) is 5.35. The molecule has 18 heavy (non-hydrogen) atoms. The Morgan fingerprint density at radius 3 is 2.89 bits per heavy atom. The van der Waals surface area contributed by atoms with Crippen LogP contribution in [-0.4, -0.2) is 43.0 Å². The summed E-state index contributed by atoms with van der Waals surface area (Å²) in [7, 11) is 4.22. The molecule has 0 spiro atoms. The van der Waals surface area contributed by atoms with Gasteiger partial charge in [0.05, 0.1) is 0 Å². The minimum Gasteiger partial charge on any atom is -0.399 e. The largest absolute Gasteiger partial charge is 0.399 e. The molecule has 0 aliphatic carbocycles. The first-order valence-corrected chi connectivity index (χ1v) is 6.49. The van der Waals surface area contributed by atoms with Gasteiger partial charge in [-0.2, -0.15) is 0 Å². The maximum Gasteiger partial charge on any atom is 0.129 e. The summed E-state index contributed by atoms with van der Waals surface area (Å²) in [6, 6.07) is 5.55. The number of hydrogen-bond acceptors (Lipinski definition) is 3. The fourth-order valence-corrected chi connectivity index (χ4v) is 2.53. The highest BCUT2D eigenvalue weighted by atomic mass is 19.1. The molecule has 1 heterocycles. The molecule has 1 aromatic carbocycles. The van der Waals surface area contributed by atoms with Gasteiger partial charge in [-0.15, -0.1) is 0 Å². The first kappa shape index (κ1) is 13.3. The number of rotatable bonds is 3. The molecule has 3 nitrogen and oxygen atoms in total. The SMILES string of the molecule is CN(C)C1CCCN(Cc2ccc(N)cc2F)C1. The maximum atomic E-state index is 13.7. The van der Waals surface area contributed by atoms with E-state index < -0.39 is 0 Å². The van der Waals surface area contributed by atoms with Crippen molar-refractivity contribution < 1.29 is 4.39 Å². The number of hydrogen-bond donors (Lipinski definition) is 1. The zero-order chi connectivity index (χ0) is 13.1. The van der Waals surface area contributed by atoms with Gasteiger partial charge in [0, 0.05) is 30.4 Å². The topological polar surface area (TPSA) is 32.5 Å². The molecule has 0 amide bonds. The molecule has 1 aromatic rings. The molecule has 0 saturated carbocycles. The number of piperidine rings is 1. The van der Waals surface area contributed by atoms with Crippen molar-refractivity contribution in [1.29, 1.82) is 0 Å². The van der Waals surface area contributed by atoms with Crippen LogP contribution in [0, 0.1) is 5.82 Å². The van der Waals surface area contributed by atoms with Gasteiger partial charge in [-0.25, -0.2) is 4.39 Å². The van der Waals surface area contributed by atoms with Gasteiger partial charge in [0.2, 0.25) is 0 Å². The number of halogens is 1. The van der Waals surface area contributed by atoms with Gasteiger partial charge in [-0.05, 0) is 45.6 Å². The van der Waals surface area contributed by atoms with E-state index in [1.165, 1.54) is 18.9 Å². The van der Waals surface area contributed by atoms with Crippen molar-refractivity contribution in [2.75, 3.05) is 32.9 Å². The molecule has 2 N–H and O–H groups in total. The summed E-state index contributed by atoms with van der Waals surface area (Å²) in [5, 5.41) is 0. The molecule has 100 valence electrons. The third-order valence-corrected chi connectivity index (χ3v) is 3.68. The predicted molar refractivity (Wildman–Crippen MR) is 72.8 cm³/mol. The highest BCUT2D eigenvalue weighted by molar-refractivity contribution is 5.40. The van der Waals surface area contributed by atoms with Crippen LogP contribution in [0.5, 0.6) is 0 Å². The molecule has 2 rings (SSSR count). The van der Waals surface area contributed by atoms with E-state index in [0.717, 1.165) is 18.7 Å². The summed E-state index contributed by atoms with van der Waals surface area (Å²) in [6.45, 7) is 2.74. The van der Waals surface area contributed by atoms with Crippen molar-refractivity contribution in [1.82, 2.24) is 9.80 Å². The Bertz CT molecular complexity index is 406. The van der Waals surface area contributed by atoms with E-state index in [4.69, 9.17) is 5.73 Å². The molecule has 4 heteroatoms. The molecule has 1 aliphatic heterocycles. The van der Waals surface area contributed by atoms with Gasteiger partial charge in [0.1, 0.15) is 5.82 Å². The van der Waals surface area contributed by atoms with Crippen molar-refractivity contribution in [2.24, 2.45) is 0 Å². The number of nitrogen functional groups attached to an aromatic ring is 1. The van der Waals surface area contributed by atoms with Gasteiger partial charge < -0.3 is 10.6 Å². The van der Waals surface area contributed by atoms with E-state index in [1.54, 1.807) is 12.1 Å². The average molecular weight is 251 g/mol. The van der Waals surface area contributed by atoms with Gasteiger partial charge >= 0.3 is 0 Å². The molecule has 1 saturated heterocycles. The van der Waals surface area contributed by atoms with Crippen LogP contribution in [0.2, 0.25) is 0 Å². The molecule has 1 aliphatic rings. The van der Waals surface area contributed by atoms with E-state index in [-0.39, 0.29) is 5.82 Å². The van der Waals surface area contributed by atoms with Crippen LogP contribution in [-0.2, 0) is 6.54 Å². The summed E-state index contributed by atoms with van der Waals surface area (Å²) >= 11 is 0. The van der Waals surface area contributed by atoms with Crippen molar-refractivity contribution in [3.63, 3.8) is 0 Å². The summed E-state index contributed by atoms with van der Waals surface area (Å²) in [4.78, 5) is 4.58. The predicted octanol–water partition coefficient (Wildman–Crippen LogP) is 1.93. The summed E-state index contributed by atoms with van der Waals surface area (Å²) < 4.78 is 13.7. The average Bonchev–Trinajstić information content (AvgIpc) is 2.33. The summed E-state index contributed by atoms with van der Waals surface area (Å²) in [5.74, 6) is -0.193. The second-order valence-corrected chi connectivity index (χ2v) is 5.35. The molecule has 1 unspecified atom stereocenters. The van der Waals surface area contributed by atoms with Gasteiger partial charge in [-0.3, -0.25) is 4.90 Å². The number of benzene rings is 1. The fraction of sp³-hybridized carbons (Fsp3) is 0.571. The lowest BCUT2D eigenvalue weighted by Gasteiger charge is -2.36. The number of nitrogens with zero attached hydrogens (tertiary/aromatic N) is 2. The van der Waals surface area contributed by atoms with Crippen molar-refractivity contribution >= 4 is 5.69 Å². The van der Waals surface area contributed by atoms with E-state index in [1.807, 2.05) is 0 Å². The number of likely N-dealkylation sites (N-methyl/N-ethyl adjacent to an activating group) is 1. The first-order chi connectivity index (χ1) is 8.56. The van der Waals surface area contributed by atoms with E-state index in [0.29, 0.717) is 18.3 Å². The molecular weight excluding hydrogens is 229 g/mol. The van der Waals surface area contributed by atoms with E-state index >= 15 is 0 Å². The van der Waals surface area contributed by atoms with E-state index in [9.17, 15) is 4.39 Å². The van der Waals surface area contributed by atoms with E-state index in [2.05, 4.69) is 23.9 Å². The standard InChI is InChI=1S/C14H22FN3/c1-17(2)13-4-3-7-18(10-13)9-11-5-6-12(16)8-14(11)15/h5-6,8,13H,3-4,7,9-10,16H2,1-2H3. The smallest absolute Gasteiger partial charge is 0.129 e. The van der Waals surface area contributed by atoms with Crippen LogP contribution < -0.4 is 5.73 Å². The molecule has 0 radical (unpaired) electrons. The Morgan fingerprint density at radius 1 is 1.44 bits per heavy atom. The maximum absolute atomic E-state index is 13.7. The Balaban J connectivity index is 2.00. The Hall–Kier alpha value is -1.13. The summed E-state index contributed by atoms with van der Waals surface area (Å²) in [6.07, 6.45) is 2.41. The summed E-state index contributed by atoms with van der Waals surface area (Å²) in [5.41, 5.74) is 6.79. The van der Waals surface area contributed by atoms with Crippen LogP contribution in [0.25, 0.3) is 0 Å². The van der Waals surface area contributed by atoms with Crippen LogP contribution in [0.4, 0.5) is 10.1 Å². The minimum atomic E-state index is -0.193. The molecular formula is C14H22FN3. The van der Waals surface area contributed by atoms with Gasteiger partial charge in [0.25, 0.3) is 0 Å². The van der Waals surface area contributed by atoms with Crippen molar-refractivity contribution in [2.45, 2.75) is 25.4 Å². The normalized spacial score (nSPS) is 21.4. The number of likely N-dealkylation sites (tertiary alicyclic amines) is 1. The third kappa shape index (κ3) is 3.21. The number of anilines is 1. The van der Waals surface area contributed by atoms with Gasteiger partial charge in [-0.1, -0.05) is 6.07 Å². The van der Waals surface area contributed by atoms with Crippen LogP contribution >= 0.6 is 0 Å². The Morgan fingerprint density at radius 2 is 2.22 bits per heavy atom. The van der Waals surface area contributed by atoms with Gasteiger partial charge in [0.15, 0.2) is 0 Å². The Labute approximate surface area is 108 Å². The first-order valence-electron chi connectivity index (χ1n) is 6.49. The van der Waals surface area contributed by atoms with Crippen LogP contribution in [0.3, 0.4) is 0 Å². The minimum absolute atomic E-state index is 0.193. The quantitative estimate of drug-likeness (QED) is 0.833. The zero-order valence-electron chi connectivity index (χ0n) is 11.2. The monoisotopic (exact) mass is 251 g/mol.